The Hall–Kier alpha value is -4.38. The molecule has 3 rings (SSSR count). The van der Waals surface area contributed by atoms with Crippen LogP contribution < -0.4 is 16.2 Å². The number of nitrogens with zero attached hydrogens (tertiary/aromatic N) is 2. The third-order valence-corrected chi connectivity index (χ3v) is 5.20. The van der Waals surface area contributed by atoms with Crippen molar-refractivity contribution < 1.29 is 14.7 Å². The number of rotatable bonds is 10. The Balaban J connectivity index is 1.93. The molecule has 0 aliphatic rings. The molecule has 0 bridgehead atoms. The maximum Gasteiger partial charge on any atom is 0.326 e. The quantitative estimate of drug-likeness (QED) is 0.251. The van der Waals surface area contributed by atoms with Gasteiger partial charge in [0.1, 0.15) is 11.6 Å². The summed E-state index contributed by atoms with van der Waals surface area (Å²) in [5.41, 5.74) is 1.08. The van der Waals surface area contributed by atoms with Crippen molar-refractivity contribution in [3.8, 4) is 6.19 Å². The molecule has 0 saturated carbocycles. The lowest BCUT2D eigenvalue weighted by molar-refractivity contribution is -0.139. The Morgan fingerprint density at radius 1 is 0.970 bits per heavy atom. The first-order chi connectivity index (χ1) is 16.0. The van der Waals surface area contributed by atoms with Crippen molar-refractivity contribution in [2.45, 2.75) is 24.9 Å². The highest BCUT2D eigenvalue weighted by Gasteiger charge is 2.24. The number of aliphatic carboxylic acids is 1. The number of nitrogens with one attached hydrogen (secondary N) is 2. The Labute approximate surface area is 191 Å². The molecule has 8 nitrogen and oxygen atoms in total. The van der Waals surface area contributed by atoms with Crippen LogP contribution in [-0.2, 0) is 4.79 Å². The molecule has 3 aromatic rings. The molecule has 3 N–H and O–H groups in total. The fourth-order valence-corrected chi connectivity index (χ4v) is 3.61. The maximum absolute atomic E-state index is 13.4. The third kappa shape index (κ3) is 5.86. The van der Waals surface area contributed by atoms with E-state index in [2.05, 4.69) is 10.6 Å². The normalized spacial score (nSPS) is 11.4. The molecular formula is C25H24N4O4. The number of aromatic nitrogens is 1. The van der Waals surface area contributed by atoms with Crippen molar-refractivity contribution in [3.05, 3.63) is 106 Å². The minimum Gasteiger partial charge on any atom is -0.480 e. The summed E-state index contributed by atoms with van der Waals surface area (Å²) >= 11 is 0. The summed E-state index contributed by atoms with van der Waals surface area (Å²) in [6, 6.07) is 20.3. The van der Waals surface area contributed by atoms with E-state index in [0.29, 0.717) is 13.0 Å². The van der Waals surface area contributed by atoms with Gasteiger partial charge in [-0.15, -0.1) is 0 Å². The molecule has 8 heteroatoms. The number of carbonyl (C=O) groups excluding carboxylic acids is 1. The van der Waals surface area contributed by atoms with Crippen LogP contribution in [0.15, 0.2) is 83.8 Å². The summed E-state index contributed by atoms with van der Waals surface area (Å²) in [7, 11) is 0. The molecule has 1 aromatic heterocycles. The number of carboxylic acid groups (broad SMARTS) is 1. The van der Waals surface area contributed by atoms with E-state index in [1.165, 1.54) is 10.6 Å². The second kappa shape index (κ2) is 11.3. The van der Waals surface area contributed by atoms with Crippen LogP contribution in [0, 0.1) is 11.5 Å². The van der Waals surface area contributed by atoms with Gasteiger partial charge < -0.3 is 20.3 Å². The van der Waals surface area contributed by atoms with Gasteiger partial charge in [-0.25, -0.2) is 4.79 Å². The van der Waals surface area contributed by atoms with E-state index < -0.39 is 29.5 Å². The van der Waals surface area contributed by atoms with E-state index in [9.17, 15) is 19.5 Å². The van der Waals surface area contributed by atoms with E-state index in [1.54, 1.807) is 18.5 Å². The standard InChI is InChI=1S/C25H24N4O4/c26-17-27-15-7-14-21(25(32)33)28-23(30)20-13-8-16-29(24(20)31)22(18-9-3-1-4-10-18)19-11-5-2-6-12-19/h1-6,8-13,16,21-22,27H,7,14-15H2,(H,28,30)(H,32,33)/t21-/m0/s1. The van der Waals surface area contributed by atoms with Gasteiger partial charge in [0.2, 0.25) is 0 Å². The maximum atomic E-state index is 13.4. The lowest BCUT2D eigenvalue weighted by Crippen LogP contribution is -2.43. The highest BCUT2D eigenvalue weighted by molar-refractivity contribution is 5.96. The Kier molecular flexibility index (Phi) is 7.97. The smallest absolute Gasteiger partial charge is 0.326 e. The Morgan fingerprint density at radius 2 is 1.58 bits per heavy atom. The van der Waals surface area contributed by atoms with Crippen LogP contribution in [0.1, 0.15) is 40.4 Å². The fraction of sp³-hybridized carbons (Fsp3) is 0.200. The van der Waals surface area contributed by atoms with E-state index in [1.807, 2.05) is 60.7 Å². The van der Waals surface area contributed by atoms with Gasteiger partial charge in [-0.2, -0.15) is 5.26 Å². The molecule has 1 amide bonds. The minimum atomic E-state index is -1.21. The summed E-state index contributed by atoms with van der Waals surface area (Å²) < 4.78 is 1.48. The number of amides is 1. The largest absolute Gasteiger partial charge is 0.480 e. The van der Waals surface area contributed by atoms with Crippen molar-refractivity contribution in [2.75, 3.05) is 6.54 Å². The number of carbonyl (C=O) groups is 2. The number of hydrogen-bond donors (Lipinski definition) is 3. The van der Waals surface area contributed by atoms with Crippen molar-refractivity contribution in [1.29, 1.82) is 5.26 Å². The molecule has 0 saturated heterocycles. The average Bonchev–Trinajstić information content (AvgIpc) is 2.83. The van der Waals surface area contributed by atoms with Crippen molar-refractivity contribution in [3.63, 3.8) is 0 Å². The summed E-state index contributed by atoms with van der Waals surface area (Å²) in [5, 5.41) is 22.8. The number of nitriles is 1. The van der Waals surface area contributed by atoms with Gasteiger partial charge in [-0.05, 0) is 36.1 Å². The molecule has 0 radical (unpaired) electrons. The topological polar surface area (TPSA) is 124 Å². The molecule has 1 heterocycles. The highest BCUT2D eigenvalue weighted by atomic mass is 16.4. The van der Waals surface area contributed by atoms with Crippen LogP contribution in [0.5, 0.6) is 0 Å². The van der Waals surface area contributed by atoms with Crippen molar-refractivity contribution in [1.82, 2.24) is 15.2 Å². The van der Waals surface area contributed by atoms with Crippen LogP contribution in [-0.4, -0.2) is 34.1 Å². The van der Waals surface area contributed by atoms with E-state index in [0.717, 1.165) is 11.1 Å². The number of benzene rings is 2. The molecule has 0 fully saturated rings. The van der Waals surface area contributed by atoms with E-state index in [4.69, 9.17) is 5.26 Å². The molecule has 2 aromatic carbocycles. The van der Waals surface area contributed by atoms with Crippen molar-refractivity contribution in [2.24, 2.45) is 0 Å². The monoisotopic (exact) mass is 444 g/mol. The third-order valence-electron chi connectivity index (χ3n) is 5.20. The lowest BCUT2D eigenvalue weighted by Gasteiger charge is -2.22. The zero-order valence-electron chi connectivity index (χ0n) is 17.8. The zero-order chi connectivity index (χ0) is 23.6. The van der Waals surface area contributed by atoms with Gasteiger partial charge in [0.05, 0.1) is 6.04 Å². The SMILES string of the molecule is N#CNCCC[C@H](NC(=O)c1cccn(C(c2ccccc2)c2ccccc2)c1=O)C(=O)O. The molecule has 33 heavy (non-hydrogen) atoms. The van der Waals surface area contributed by atoms with Crippen LogP contribution in [0.3, 0.4) is 0 Å². The average molecular weight is 444 g/mol. The summed E-state index contributed by atoms with van der Waals surface area (Å²) in [5.74, 6) is -1.96. The predicted octanol–water partition coefficient (Wildman–Crippen LogP) is 2.52. The molecular weight excluding hydrogens is 420 g/mol. The number of carboxylic acids is 1. The second-order valence-corrected chi connectivity index (χ2v) is 7.40. The van der Waals surface area contributed by atoms with Gasteiger partial charge >= 0.3 is 5.97 Å². The van der Waals surface area contributed by atoms with Gasteiger partial charge in [0.15, 0.2) is 6.19 Å². The summed E-state index contributed by atoms with van der Waals surface area (Å²) in [4.78, 5) is 37.8. The predicted molar refractivity (Wildman–Crippen MR) is 123 cm³/mol. The Bertz CT molecular complexity index is 1150. The summed E-state index contributed by atoms with van der Waals surface area (Å²) in [6.07, 6.45) is 3.86. The van der Waals surface area contributed by atoms with Crippen LogP contribution >= 0.6 is 0 Å². The molecule has 0 aliphatic carbocycles. The highest BCUT2D eigenvalue weighted by Crippen LogP contribution is 2.25. The first-order valence-corrected chi connectivity index (χ1v) is 10.5. The molecule has 1 atom stereocenters. The lowest BCUT2D eigenvalue weighted by atomic mass is 9.98. The van der Waals surface area contributed by atoms with E-state index >= 15 is 0 Å². The van der Waals surface area contributed by atoms with E-state index in [-0.39, 0.29) is 12.0 Å². The van der Waals surface area contributed by atoms with Gasteiger partial charge in [0, 0.05) is 12.7 Å². The van der Waals surface area contributed by atoms with Crippen LogP contribution in [0.4, 0.5) is 0 Å². The van der Waals surface area contributed by atoms with Crippen LogP contribution in [0.2, 0.25) is 0 Å². The number of pyridine rings is 1. The molecule has 0 spiro atoms. The fourth-order valence-electron chi connectivity index (χ4n) is 3.61. The van der Waals surface area contributed by atoms with Gasteiger partial charge in [-0.3, -0.25) is 9.59 Å². The second-order valence-electron chi connectivity index (χ2n) is 7.40. The zero-order valence-corrected chi connectivity index (χ0v) is 17.8. The van der Waals surface area contributed by atoms with Gasteiger partial charge in [-0.1, -0.05) is 60.7 Å². The van der Waals surface area contributed by atoms with Crippen molar-refractivity contribution >= 4 is 11.9 Å². The molecule has 0 unspecified atom stereocenters. The molecule has 0 aliphatic heterocycles. The Morgan fingerprint density at radius 3 is 2.12 bits per heavy atom. The number of hydrogen-bond acceptors (Lipinski definition) is 5. The first-order valence-electron chi connectivity index (χ1n) is 10.5. The summed E-state index contributed by atoms with van der Waals surface area (Å²) in [6.45, 7) is 0.296. The van der Waals surface area contributed by atoms with Crippen LogP contribution in [0.25, 0.3) is 0 Å². The van der Waals surface area contributed by atoms with Gasteiger partial charge in [0.25, 0.3) is 11.5 Å². The minimum absolute atomic E-state index is 0.118. The molecule has 168 valence electrons. The first kappa shape index (κ1) is 23.3.